The molecule has 5 nitrogen and oxygen atoms in total. The molecule has 0 unspecified atom stereocenters. The van der Waals surface area contributed by atoms with Crippen LogP contribution in [0.25, 0.3) is 11.0 Å². The normalized spacial score (nSPS) is 21.4. The maximum absolute atomic E-state index is 12.3. The molecule has 2 heterocycles. The minimum absolute atomic E-state index is 0.124. The van der Waals surface area contributed by atoms with E-state index in [0.29, 0.717) is 5.58 Å². The zero-order valence-corrected chi connectivity index (χ0v) is 13.5. The number of piperidine rings is 1. The van der Waals surface area contributed by atoms with Gasteiger partial charge in [0.05, 0.1) is 0 Å². The Kier molecular flexibility index (Phi) is 4.37. The molecule has 0 aliphatic carbocycles. The molecule has 3 rings (SSSR count). The first-order chi connectivity index (χ1) is 11.1. The number of hydrogen-bond donors (Lipinski definition) is 0. The van der Waals surface area contributed by atoms with Gasteiger partial charge in [0, 0.05) is 17.5 Å². The van der Waals surface area contributed by atoms with Crippen LogP contribution in [0.2, 0.25) is 0 Å². The highest BCUT2D eigenvalue weighted by Gasteiger charge is 2.29. The molecule has 1 fully saturated rings. The first-order valence-corrected chi connectivity index (χ1v) is 8.03. The molecule has 122 valence electrons. The molecule has 23 heavy (non-hydrogen) atoms. The van der Waals surface area contributed by atoms with Crippen molar-refractivity contribution in [2.75, 3.05) is 6.61 Å². The molecule has 0 radical (unpaired) electrons. The van der Waals surface area contributed by atoms with Crippen LogP contribution in [0.5, 0.6) is 0 Å². The van der Waals surface area contributed by atoms with E-state index < -0.39 is 5.97 Å². The van der Waals surface area contributed by atoms with E-state index in [1.54, 1.807) is 12.1 Å². The molecule has 0 spiro atoms. The molecule has 0 N–H and O–H groups in total. The molecule has 5 heteroatoms. The summed E-state index contributed by atoms with van der Waals surface area (Å²) in [4.78, 5) is 26.3. The lowest BCUT2D eigenvalue weighted by molar-refractivity contribution is -0.140. The number of nitrogens with zero attached hydrogens (tertiary/aromatic N) is 1. The Morgan fingerprint density at radius 1 is 1.22 bits per heavy atom. The van der Waals surface area contributed by atoms with Crippen LogP contribution < -0.4 is 0 Å². The quantitative estimate of drug-likeness (QED) is 0.815. The van der Waals surface area contributed by atoms with Crippen molar-refractivity contribution in [1.82, 2.24) is 4.90 Å². The van der Waals surface area contributed by atoms with Gasteiger partial charge in [-0.2, -0.15) is 0 Å². The smallest absolute Gasteiger partial charge is 0.374 e. The molecule has 1 aliphatic rings. The Morgan fingerprint density at radius 2 is 1.91 bits per heavy atom. The predicted molar refractivity (Wildman–Crippen MR) is 86.1 cm³/mol. The monoisotopic (exact) mass is 315 g/mol. The molecule has 0 saturated carbocycles. The van der Waals surface area contributed by atoms with Crippen molar-refractivity contribution in [2.45, 2.75) is 45.2 Å². The number of hydrogen-bond acceptors (Lipinski definition) is 4. The molecule has 1 amide bonds. The standard InChI is InChI=1S/C18H21NO4/c1-12-6-5-7-13(2)19(12)17(20)11-22-18(21)16-10-14-8-3-4-9-15(14)23-16/h3-4,8-10,12-13H,5-7,11H2,1-2H3/t12-,13-/m1/s1. The van der Waals surface area contributed by atoms with Gasteiger partial charge < -0.3 is 14.1 Å². The fourth-order valence-electron chi connectivity index (χ4n) is 3.27. The number of para-hydroxylation sites is 1. The summed E-state index contributed by atoms with van der Waals surface area (Å²) in [6.45, 7) is 3.83. The van der Waals surface area contributed by atoms with Gasteiger partial charge in [-0.3, -0.25) is 4.79 Å². The van der Waals surface area contributed by atoms with E-state index in [4.69, 9.17) is 9.15 Å². The average Bonchev–Trinajstić information content (AvgIpc) is 2.96. The highest BCUT2D eigenvalue weighted by atomic mass is 16.5. The number of furan rings is 1. The summed E-state index contributed by atoms with van der Waals surface area (Å²) >= 11 is 0. The number of carbonyl (C=O) groups is 2. The molecule has 0 bridgehead atoms. The van der Waals surface area contributed by atoms with Crippen molar-refractivity contribution >= 4 is 22.8 Å². The van der Waals surface area contributed by atoms with Gasteiger partial charge in [-0.15, -0.1) is 0 Å². The Balaban J connectivity index is 1.63. The molecule has 1 aromatic heterocycles. The lowest BCUT2D eigenvalue weighted by Crippen LogP contribution is -2.49. The number of ether oxygens (including phenoxy) is 1. The van der Waals surface area contributed by atoms with Crippen molar-refractivity contribution < 1.29 is 18.7 Å². The molecular formula is C18H21NO4. The maximum Gasteiger partial charge on any atom is 0.374 e. The van der Waals surface area contributed by atoms with Crippen LogP contribution in [0.1, 0.15) is 43.7 Å². The van der Waals surface area contributed by atoms with Gasteiger partial charge in [0.25, 0.3) is 5.91 Å². The van der Waals surface area contributed by atoms with Crippen molar-refractivity contribution in [2.24, 2.45) is 0 Å². The van der Waals surface area contributed by atoms with Crippen LogP contribution in [0.15, 0.2) is 34.7 Å². The first kappa shape index (κ1) is 15.6. The van der Waals surface area contributed by atoms with E-state index in [1.807, 2.05) is 36.9 Å². The summed E-state index contributed by atoms with van der Waals surface area (Å²) in [7, 11) is 0. The summed E-state index contributed by atoms with van der Waals surface area (Å²) in [6, 6.07) is 9.37. The summed E-state index contributed by atoms with van der Waals surface area (Å²) in [5.74, 6) is -0.625. The number of amides is 1. The molecule has 1 saturated heterocycles. The SMILES string of the molecule is C[C@@H]1CCC[C@@H](C)N1C(=O)COC(=O)c1cc2ccccc2o1. The third-order valence-electron chi connectivity index (χ3n) is 4.43. The first-order valence-electron chi connectivity index (χ1n) is 8.03. The number of benzene rings is 1. The maximum atomic E-state index is 12.3. The van der Waals surface area contributed by atoms with Crippen molar-refractivity contribution in [3.8, 4) is 0 Å². The third-order valence-corrected chi connectivity index (χ3v) is 4.43. The van der Waals surface area contributed by atoms with Crippen LogP contribution in [-0.2, 0) is 9.53 Å². The van der Waals surface area contributed by atoms with E-state index in [-0.39, 0.29) is 30.4 Å². The fraction of sp³-hybridized carbons (Fsp3) is 0.444. The van der Waals surface area contributed by atoms with E-state index >= 15 is 0 Å². The van der Waals surface area contributed by atoms with Crippen molar-refractivity contribution in [1.29, 1.82) is 0 Å². The van der Waals surface area contributed by atoms with E-state index in [1.165, 1.54) is 0 Å². The Labute approximate surface area is 135 Å². The second kappa shape index (κ2) is 6.44. The van der Waals surface area contributed by atoms with Gasteiger partial charge in [0.1, 0.15) is 5.58 Å². The zero-order valence-electron chi connectivity index (χ0n) is 13.5. The molecule has 1 aromatic carbocycles. The Hall–Kier alpha value is -2.30. The van der Waals surface area contributed by atoms with E-state index in [0.717, 1.165) is 24.6 Å². The lowest BCUT2D eigenvalue weighted by Gasteiger charge is -2.38. The summed E-state index contributed by atoms with van der Waals surface area (Å²) in [5, 5.41) is 0.837. The summed E-state index contributed by atoms with van der Waals surface area (Å²) < 4.78 is 10.6. The van der Waals surface area contributed by atoms with Gasteiger partial charge in [0.15, 0.2) is 6.61 Å². The highest BCUT2D eigenvalue weighted by molar-refractivity contribution is 5.93. The highest BCUT2D eigenvalue weighted by Crippen LogP contribution is 2.23. The van der Waals surface area contributed by atoms with E-state index in [2.05, 4.69) is 0 Å². The van der Waals surface area contributed by atoms with Crippen LogP contribution in [0, 0.1) is 0 Å². The third kappa shape index (κ3) is 3.23. The van der Waals surface area contributed by atoms with Crippen molar-refractivity contribution in [3.05, 3.63) is 36.1 Å². The van der Waals surface area contributed by atoms with Gasteiger partial charge in [-0.25, -0.2) is 4.79 Å². The fourth-order valence-corrected chi connectivity index (χ4v) is 3.27. The molecule has 2 aromatic rings. The number of rotatable bonds is 3. The predicted octanol–water partition coefficient (Wildman–Crippen LogP) is 3.38. The second-order valence-electron chi connectivity index (χ2n) is 6.15. The Morgan fingerprint density at radius 3 is 2.61 bits per heavy atom. The molecule has 2 atom stereocenters. The van der Waals surface area contributed by atoms with Gasteiger partial charge in [-0.1, -0.05) is 18.2 Å². The minimum Gasteiger partial charge on any atom is -0.450 e. The van der Waals surface area contributed by atoms with Gasteiger partial charge >= 0.3 is 5.97 Å². The Bertz CT molecular complexity index is 678. The van der Waals surface area contributed by atoms with Gasteiger partial charge in [0.2, 0.25) is 5.76 Å². The summed E-state index contributed by atoms with van der Waals surface area (Å²) in [6.07, 6.45) is 3.12. The van der Waals surface area contributed by atoms with Crippen molar-refractivity contribution in [3.63, 3.8) is 0 Å². The number of esters is 1. The van der Waals surface area contributed by atoms with Crippen LogP contribution in [0.3, 0.4) is 0 Å². The minimum atomic E-state index is -0.605. The zero-order chi connectivity index (χ0) is 16.4. The number of carbonyl (C=O) groups excluding carboxylic acids is 2. The number of fused-ring (bicyclic) bond motifs is 1. The topological polar surface area (TPSA) is 59.8 Å². The number of likely N-dealkylation sites (tertiary alicyclic amines) is 1. The summed E-state index contributed by atoms with van der Waals surface area (Å²) in [5.41, 5.74) is 0.629. The van der Waals surface area contributed by atoms with E-state index in [9.17, 15) is 9.59 Å². The average molecular weight is 315 g/mol. The van der Waals surface area contributed by atoms with Crippen LogP contribution >= 0.6 is 0 Å². The largest absolute Gasteiger partial charge is 0.450 e. The lowest BCUT2D eigenvalue weighted by atomic mass is 9.97. The molecular weight excluding hydrogens is 294 g/mol. The van der Waals surface area contributed by atoms with Crippen LogP contribution in [-0.4, -0.2) is 35.5 Å². The molecule has 1 aliphatic heterocycles. The van der Waals surface area contributed by atoms with Gasteiger partial charge in [-0.05, 0) is 45.2 Å². The van der Waals surface area contributed by atoms with Crippen LogP contribution in [0.4, 0.5) is 0 Å². The second-order valence-corrected chi connectivity index (χ2v) is 6.15.